The summed E-state index contributed by atoms with van der Waals surface area (Å²) in [5.41, 5.74) is 7.09. The largest absolute Gasteiger partial charge is 0.488 e. The van der Waals surface area contributed by atoms with Crippen molar-refractivity contribution in [1.82, 2.24) is 0 Å². The van der Waals surface area contributed by atoms with E-state index in [4.69, 9.17) is 10.5 Å². The first kappa shape index (κ1) is 16.0. The van der Waals surface area contributed by atoms with Gasteiger partial charge in [-0.05, 0) is 64.1 Å². The molecule has 5 heteroatoms. The lowest BCUT2D eigenvalue weighted by Crippen LogP contribution is -2.05. The molecule has 0 aliphatic carbocycles. The SMILES string of the molecule is NC(=O)/C=C/c1ccc(OCc2ccc(Br)cc2)c(I)c1. The van der Waals surface area contributed by atoms with Gasteiger partial charge in [0.2, 0.25) is 5.91 Å². The molecule has 21 heavy (non-hydrogen) atoms. The van der Waals surface area contributed by atoms with Gasteiger partial charge in [0.25, 0.3) is 0 Å². The van der Waals surface area contributed by atoms with Crippen LogP contribution in [0, 0.1) is 3.57 Å². The van der Waals surface area contributed by atoms with Gasteiger partial charge >= 0.3 is 0 Å². The lowest BCUT2D eigenvalue weighted by atomic mass is 10.2. The number of primary amides is 1. The third kappa shape index (κ3) is 5.17. The molecule has 0 radical (unpaired) electrons. The minimum absolute atomic E-state index is 0.458. The third-order valence-electron chi connectivity index (χ3n) is 2.70. The van der Waals surface area contributed by atoms with Gasteiger partial charge in [-0.15, -0.1) is 0 Å². The molecular formula is C16H13BrINO2. The molecule has 108 valence electrons. The molecule has 0 aromatic heterocycles. The van der Waals surface area contributed by atoms with E-state index < -0.39 is 5.91 Å². The zero-order chi connectivity index (χ0) is 15.2. The minimum Gasteiger partial charge on any atom is -0.488 e. The van der Waals surface area contributed by atoms with Crippen LogP contribution in [0.15, 0.2) is 53.0 Å². The molecule has 0 saturated heterocycles. The van der Waals surface area contributed by atoms with Gasteiger partial charge in [-0.1, -0.05) is 34.1 Å². The van der Waals surface area contributed by atoms with Gasteiger partial charge in [0, 0.05) is 10.5 Å². The monoisotopic (exact) mass is 457 g/mol. The number of carbonyl (C=O) groups excluding carboxylic acids is 1. The predicted octanol–water partition coefficient (Wildman–Crippen LogP) is 4.13. The van der Waals surface area contributed by atoms with Crippen molar-refractivity contribution in [3.63, 3.8) is 0 Å². The Bertz CT molecular complexity index is 668. The highest BCUT2D eigenvalue weighted by atomic mass is 127. The van der Waals surface area contributed by atoms with Crippen LogP contribution in [0.25, 0.3) is 6.08 Å². The Kier molecular flexibility index (Phi) is 5.81. The Labute approximate surface area is 145 Å². The molecule has 2 aromatic rings. The number of ether oxygens (including phenoxy) is 1. The summed E-state index contributed by atoms with van der Waals surface area (Å²) in [6.07, 6.45) is 3.02. The van der Waals surface area contributed by atoms with Crippen LogP contribution >= 0.6 is 38.5 Å². The Hall–Kier alpha value is -1.34. The van der Waals surface area contributed by atoms with Crippen molar-refractivity contribution in [2.75, 3.05) is 0 Å². The summed E-state index contributed by atoms with van der Waals surface area (Å²) in [6.45, 7) is 0.514. The molecule has 0 fully saturated rings. The Morgan fingerprint density at radius 1 is 1.24 bits per heavy atom. The number of benzene rings is 2. The van der Waals surface area contributed by atoms with Crippen molar-refractivity contribution >= 4 is 50.5 Å². The van der Waals surface area contributed by atoms with E-state index >= 15 is 0 Å². The van der Waals surface area contributed by atoms with Crippen LogP contribution in [0.4, 0.5) is 0 Å². The molecule has 0 aliphatic heterocycles. The molecule has 0 bridgehead atoms. The molecule has 2 N–H and O–H groups in total. The molecule has 2 rings (SSSR count). The summed E-state index contributed by atoms with van der Waals surface area (Å²) in [6, 6.07) is 13.7. The summed E-state index contributed by atoms with van der Waals surface area (Å²) in [7, 11) is 0. The molecule has 0 heterocycles. The Morgan fingerprint density at radius 3 is 2.57 bits per heavy atom. The second kappa shape index (κ2) is 7.61. The summed E-state index contributed by atoms with van der Waals surface area (Å²) in [4.78, 5) is 10.7. The summed E-state index contributed by atoms with van der Waals surface area (Å²) in [5, 5.41) is 0. The van der Waals surface area contributed by atoms with Crippen LogP contribution in [0.3, 0.4) is 0 Å². The first-order valence-electron chi connectivity index (χ1n) is 6.19. The van der Waals surface area contributed by atoms with Crippen molar-refractivity contribution in [1.29, 1.82) is 0 Å². The van der Waals surface area contributed by atoms with Crippen LogP contribution in [-0.2, 0) is 11.4 Å². The van der Waals surface area contributed by atoms with Crippen molar-refractivity contribution in [2.45, 2.75) is 6.61 Å². The fourth-order valence-corrected chi connectivity index (χ4v) is 2.62. The molecule has 3 nitrogen and oxygen atoms in total. The highest BCUT2D eigenvalue weighted by Gasteiger charge is 2.02. The van der Waals surface area contributed by atoms with E-state index in [9.17, 15) is 4.79 Å². The molecule has 0 aliphatic rings. The van der Waals surface area contributed by atoms with Gasteiger partial charge in [-0.2, -0.15) is 0 Å². The molecule has 1 amide bonds. The molecule has 0 atom stereocenters. The number of rotatable bonds is 5. The second-order valence-corrected chi connectivity index (χ2v) is 6.42. The Balaban J connectivity index is 2.04. The topological polar surface area (TPSA) is 52.3 Å². The summed E-state index contributed by atoms with van der Waals surface area (Å²) < 4.78 is 7.84. The number of hydrogen-bond donors (Lipinski definition) is 1. The van der Waals surface area contributed by atoms with E-state index in [2.05, 4.69) is 38.5 Å². The average molecular weight is 458 g/mol. The fourth-order valence-electron chi connectivity index (χ4n) is 1.66. The van der Waals surface area contributed by atoms with Gasteiger partial charge in [0.1, 0.15) is 12.4 Å². The van der Waals surface area contributed by atoms with Crippen molar-refractivity contribution in [3.05, 3.63) is 67.7 Å². The maximum Gasteiger partial charge on any atom is 0.241 e. The van der Waals surface area contributed by atoms with Crippen LogP contribution in [0.2, 0.25) is 0 Å². The van der Waals surface area contributed by atoms with Crippen LogP contribution in [0.1, 0.15) is 11.1 Å². The average Bonchev–Trinajstić information content (AvgIpc) is 2.46. The quantitative estimate of drug-likeness (QED) is 0.542. The van der Waals surface area contributed by atoms with Gasteiger partial charge in [0.15, 0.2) is 0 Å². The van der Waals surface area contributed by atoms with Crippen molar-refractivity contribution in [2.24, 2.45) is 5.73 Å². The van der Waals surface area contributed by atoms with Crippen molar-refractivity contribution < 1.29 is 9.53 Å². The third-order valence-corrected chi connectivity index (χ3v) is 4.08. The van der Waals surface area contributed by atoms with E-state index in [1.807, 2.05) is 42.5 Å². The lowest BCUT2D eigenvalue weighted by molar-refractivity contribution is -0.113. The first-order valence-corrected chi connectivity index (χ1v) is 8.06. The van der Waals surface area contributed by atoms with E-state index in [-0.39, 0.29) is 0 Å². The fraction of sp³-hybridized carbons (Fsp3) is 0.0625. The minimum atomic E-state index is -0.458. The van der Waals surface area contributed by atoms with Crippen LogP contribution in [-0.4, -0.2) is 5.91 Å². The van der Waals surface area contributed by atoms with E-state index in [0.717, 1.165) is 24.9 Å². The maximum atomic E-state index is 10.7. The molecule has 0 unspecified atom stereocenters. The van der Waals surface area contributed by atoms with Crippen molar-refractivity contribution in [3.8, 4) is 5.75 Å². The normalized spacial score (nSPS) is 10.8. The standard InChI is InChI=1S/C16H13BrINO2/c17-13-5-1-12(2-6-13)10-21-15-7-3-11(9-14(15)18)4-8-16(19)20/h1-9H,10H2,(H2,19,20)/b8-4+. The zero-order valence-electron chi connectivity index (χ0n) is 11.1. The van der Waals surface area contributed by atoms with Gasteiger partial charge in [-0.25, -0.2) is 0 Å². The van der Waals surface area contributed by atoms with E-state index in [1.165, 1.54) is 6.08 Å². The van der Waals surface area contributed by atoms with Crippen LogP contribution < -0.4 is 10.5 Å². The lowest BCUT2D eigenvalue weighted by Gasteiger charge is -2.09. The number of carbonyl (C=O) groups is 1. The molecule has 0 spiro atoms. The summed E-state index contributed by atoms with van der Waals surface area (Å²) >= 11 is 5.61. The van der Waals surface area contributed by atoms with Gasteiger partial charge in [-0.3, -0.25) is 4.79 Å². The Morgan fingerprint density at radius 2 is 1.95 bits per heavy atom. The van der Waals surface area contributed by atoms with Gasteiger partial charge in [0.05, 0.1) is 3.57 Å². The number of halogens is 2. The molecular weight excluding hydrogens is 445 g/mol. The van der Waals surface area contributed by atoms with E-state index in [1.54, 1.807) is 6.08 Å². The zero-order valence-corrected chi connectivity index (χ0v) is 14.8. The number of hydrogen-bond acceptors (Lipinski definition) is 2. The highest BCUT2D eigenvalue weighted by Crippen LogP contribution is 2.24. The smallest absolute Gasteiger partial charge is 0.241 e. The number of amides is 1. The summed E-state index contributed by atoms with van der Waals surface area (Å²) in [5.74, 6) is 0.357. The molecule has 0 saturated carbocycles. The van der Waals surface area contributed by atoms with Crippen LogP contribution in [0.5, 0.6) is 5.75 Å². The van der Waals surface area contributed by atoms with Gasteiger partial charge < -0.3 is 10.5 Å². The highest BCUT2D eigenvalue weighted by molar-refractivity contribution is 14.1. The second-order valence-electron chi connectivity index (χ2n) is 4.34. The number of nitrogens with two attached hydrogens (primary N) is 1. The first-order chi connectivity index (χ1) is 10.0. The maximum absolute atomic E-state index is 10.7. The molecule has 2 aromatic carbocycles. The predicted molar refractivity (Wildman–Crippen MR) is 95.9 cm³/mol. The van der Waals surface area contributed by atoms with E-state index in [0.29, 0.717) is 6.61 Å².